The molecular weight excluding hydrogens is 210 g/mol. The molecule has 2 aliphatic rings. The second-order valence-corrected chi connectivity index (χ2v) is 5.31. The first kappa shape index (κ1) is 10.8. The molecule has 1 heterocycles. The first-order valence-corrected chi connectivity index (χ1v) is 6.43. The van der Waals surface area contributed by atoms with Gasteiger partial charge in [0, 0.05) is 11.3 Å². The van der Waals surface area contributed by atoms with Crippen molar-refractivity contribution in [2.45, 2.75) is 37.6 Å². The molecule has 0 unspecified atom stereocenters. The molecule has 0 aromatic carbocycles. The van der Waals surface area contributed by atoms with E-state index in [1.165, 1.54) is 32.1 Å². The molecule has 1 aliphatic heterocycles. The lowest BCUT2D eigenvalue weighted by Gasteiger charge is -2.32. The second kappa shape index (κ2) is 4.43. The first-order valence-electron chi connectivity index (χ1n) is 5.44. The minimum Gasteiger partial charge on any atom is -0.368 e. The quantitative estimate of drug-likeness (QED) is 0.735. The number of carbonyl (C=O) groups excluding carboxylic acids is 1. The number of carbonyl (C=O) groups is 1. The summed E-state index contributed by atoms with van der Waals surface area (Å²) >= 11 is 1.72. The maximum atomic E-state index is 10.6. The summed E-state index contributed by atoms with van der Waals surface area (Å²) in [6.07, 6.45) is 6.42. The van der Waals surface area contributed by atoms with Crippen LogP contribution in [0.3, 0.4) is 0 Å². The molecule has 4 nitrogen and oxygen atoms in total. The van der Waals surface area contributed by atoms with Gasteiger partial charge in [0.1, 0.15) is 6.54 Å². The average molecular weight is 227 g/mol. The fourth-order valence-electron chi connectivity index (χ4n) is 2.24. The van der Waals surface area contributed by atoms with Gasteiger partial charge in [-0.25, -0.2) is 0 Å². The van der Waals surface area contributed by atoms with Crippen LogP contribution < -0.4 is 11.1 Å². The van der Waals surface area contributed by atoms with Gasteiger partial charge in [-0.1, -0.05) is 31.0 Å². The molecule has 5 heteroatoms. The van der Waals surface area contributed by atoms with E-state index < -0.39 is 0 Å². The molecule has 15 heavy (non-hydrogen) atoms. The lowest BCUT2D eigenvalue weighted by atomic mass is 9.83. The monoisotopic (exact) mass is 227 g/mol. The van der Waals surface area contributed by atoms with Gasteiger partial charge in [0.05, 0.1) is 0 Å². The molecular formula is C10H17N3OS. The zero-order chi connectivity index (χ0) is 10.7. The molecule has 0 aromatic heterocycles. The van der Waals surface area contributed by atoms with Crippen LogP contribution in [-0.2, 0) is 4.79 Å². The van der Waals surface area contributed by atoms with Crippen molar-refractivity contribution in [3.05, 3.63) is 0 Å². The Hall–Kier alpha value is -0.710. The van der Waals surface area contributed by atoms with Crippen LogP contribution in [0.5, 0.6) is 0 Å². The number of nitrogens with zero attached hydrogens (tertiary/aromatic N) is 1. The molecule has 1 spiro atoms. The van der Waals surface area contributed by atoms with Gasteiger partial charge in [0.25, 0.3) is 0 Å². The summed E-state index contributed by atoms with van der Waals surface area (Å²) in [5, 5.41) is 4.37. The number of thioether (sulfide) groups is 1. The van der Waals surface area contributed by atoms with E-state index in [1.54, 1.807) is 11.8 Å². The Balaban J connectivity index is 1.93. The fraction of sp³-hybridized carbons (Fsp3) is 0.800. The summed E-state index contributed by atoms with van der Waals surface area (Å²) < 4.78 is 0. The van der Waals surface area contributed by atoms with E-state index in [2.05, 4.69) is 10.3 Å². The maximum Gasteiger partial charge on any atom is 0.239 e. The number of nitrogens with two attached hydrogens (primary N) is 1. The Morgan fingerprint density at radius 2 is 2.20 bits per heavy atom. The van der Waals surface area contributed by atoms with Crippen LogP contribution in [-0.4, -0.2) is 28.9 Å². The summed E-state index contributed by atoms with van der Waals surface area (Å²) in [5.74, 6) is 0.722. The molecule has 0 atom stereocenters. The van der Waals surface area contributed by atoms with Crippen LogP contribution in [0.2, 0.25) is 0 Å². The SMILES string of the molecule is NC(=O)CN=C1NC2(CCCCC2)CS1. The lowest BCUT2D eigenvalue weighted by molar-refractivity contribution is -0.116. The van der Waals surface area contributed by atoms with Gasteiger partial charge in [-0.2, -0.15) is 0 Å². The van der Waals surface area contributed by atoms with Crippen LogP contribution in [0.15, 0.2) is 4.99 Å². The number of amides is 1. The fourth-order valence-corrected chi connectivity index (χ4v) is 3.46. The van der Waals surface area contributed by atoms with Crippen LogP contribution in [0.25, 0.3) is 0 Å². The molecule has 1 saturated carbocycles. The van der Waals surface area contributed by atoms with Crippen molar-refractivity contribution < 1.29 is 4.79 Å². The van der Waals surface area contributed by atoms with Gasteiger partial charge in [-0.15, -0.1) is 0 Å². The summed E-state index contributed by atoms with van der Waals surface area (Å²) in [7, 11) is 0. The Kier molecular flexibility index (Phi) is 3.19. The van der Waals surface area contributed by atoms with Gasteiger partial charge >= 0.3 is 0 Å². The van der Waals surface area contributed by atoms with E-state index in [0.29, 0.717) is 0 Å². The zero-order valence-electron chi connectivity index (χ0n) is 8.79. The lowest BCUT2D eigenvalue weighted by Crippen LogP contribution is -2.45. The Bertz CT molecular complexity index is 284. The largest absolute Gasteiger partial charge is 0.368 e. The molecule has 3 N–H and O–H groups in total. The number of hydrogen-bond donors (Lipinski definition) is 2. The third-order valence-electron chi connectivity index (χ3n) is 3.05. The van der Waals surface area contributed by atoms with Gasteiger partial charge < -0.3 is 11.1 Å². The van der Waals surface area contributed by atoms with Crippen LogP contribution in [0.4, 0.5) is 0 Å². The minimum atomic E-state index is -0.366. The van der Waals surface area contributed by atoms with Crippen molar-refractivity contribution in [2.75, 3.05) is 12.3 Å². The predicted molar refractivity (Wildman–Crippen MR) is 62.9 cm³/mol. The molecule has 0 radical (unpaired) electrons. The third-order valence-corrected chi connectivity index (χ3v) is 4.25. The standard InChI is InChI=1S/C10H17N3OS/c11-8(14)6-12-9-13-10(7-15-9)4-2-1-3-5-10/h1-7H2,(H2,11,14)(H,12,13). The van der Waals surface area contributed by atoms with Crippen molar-refractivity contribution in [2.24, 2.45) is 10.7 Å². The van der Waals surface area contributed by atoms with Gasteiger partial charge in [-0.05, 0) is 12.8 Å². The first-order chi connectivity index (χ1) is 7.20. The van der Waals surface area contributed by atoms with Gasteiger partial charge in [0.15, 0.2) is 5.17 Å². The van der Waals surface area contributed by atoms with Crippen LogP contribution in [0.1, 0.15) is 32.1 Å². The topological polar surface area (TPSA) is 67.5 Å². The van der Waals surface area contributed by atoms with Crippen molar-refractivity contribution in [1.82, 2.24) is 5.32 Å². The number of amidine groups is 1. The van der Waals surface area contributed by atoms with E-state index in [9.17, 15) is 4.79 Å². The summed E-state index contributed by atoms with van der Waals surface area (Å²) in [6.45, 7) is 0.103. The highest BCUT2D eigenvalue weighted by atomic mass is 32.2. The number of hydrogen-bond acceptors (Lipinski definition) is 3. The number of primary amides is 1. The predicted octanol–water partition coefficient (Wildman–Crippen LogP) is 0.867. The Labute approximate surface area is 94.1 Å². The van der Waals surface area contributed by atoms with Gasteiger partial charge in [0.2, 0.25) is 5.91 Å². The molecule has 84 valence electrons. The molecule has 1 saturated heterocycles. The number of nitrogens with one attached hydrogen (secondary N) is 1. The normalized spacial score (nSPS) is 26.8. The second-order valence-electron chi connectivity index (χ2n) is 4.34. The highest BCUT2D eigenvalue weighted by Gasteiger charge is 2.37. The summed E-state index contributed by atoms with van der Waals surface area (Å²) in [6, 6.07) is 0. The smallest absolute Gasteiger partial charge is 0.239 e. The highest BCUT2D eigenvalue weighted by Crippen LogP contribution is 2.35. The van der Waals surface area contributed by atoms with E-state index in [-0.39, 0.29) is 18.0 Å². The average Bonchev–Trinajstić information content (AvgIpc) is 2.60. The third kappa shape index (κ3) is 2.65. The van der Waals surface area contributed by atoms with E-state index in [1.807, 2.05) is 0 Å². The van der Waals surface area contributed by atoms with Crippen molar-refractivity contribution in [1.29, 1.82) is 0 Å². The van der Waals surface area contributed by atoms with Gasteiger partial charge in [-0.3, -0.25) is 9.79 Å². The molecule has 1 aliphatic carbocycles. The molecule has 1 amide bonds. The molecule has 0 aromatic rings. The van der Waals surface area contributed by atoms with Crippen molar-refractivity contribution in [3.63, 3.8) is 0 Å². The molecule has 2 fully saturated rings. The van der Waals surface area contributed by atoms with Crippen molar-refractivity contribution in [3.8, 4) is 0 Å². The summed E-state index contributed by atoms with van der Waals surface area (Å²) in [4.78, 5) is 14.8. The summed E-state index contributed by atoms with van der Waals surface area (Å²) in [5.41, 5.74) is 5.32. The van der Waals surface area contributed by atoms with E-state index >= 15 is 0 Å². The number of rotatable bonds is 2. The Morgan fingerprint density at radius 1 is 1.47 bits per heavy atom. The maximum absolute atomic E-state index is 10.6. The highest BCUT2D eigenvalue weighted by molar-refractivity contribution is 8.14. The number of aliphatic imine (C=N–C) groups is 1. The molecule has 2 rings (SSSR count). The Morgan fingerprint density at radius 3 is 2.87 bits per heavy atom. The molecule has 0 bridgehead atoms. The zero-order valence-corrected chi connectivity index (χ0v) is 9.61. The minimum absolute atomic E-state index is 0.103. The van der Waals surface area contributed by atoms with Crippen LogP contribution in [0, 0.1) is 0 Å². The van der Waals surface area contributed by atoms with E-state index in [0.717, 1.165) is 10.9 Å². The van der Waals surface area contributed by atoms with Crippen molar-refractivity contribution >= 4 is 22.8 Å². The van der Waals surface area contributed by atoms with E-state index in [4.69, 9.17) is 5.73 Å². The van der Waals surface area contributed by atoms with Crippen LogP contribution >= 0.6 is 11.8 Å².